The van der Waals surface area contributed by atoms with Gasteiger partial charge in [0.05, 0.1) is 12.3 Å². The molecule has 0 unspecified atom stereocenters. The molecule has 19 heavy (non-hydrogen) atoms. The lowest BCUT2D eigenvalue weighted by atomic mass is 10.1. The fourth-order valence-electron chi connectivity index (χ4n) is 1.96. The van der Waals surface area contributed by atoms with Crippen molar-refractivity contribution >= 4 is 11.7 Å². The highest BCUT2D eigenvalue weighted by Crippen LogP contribution is 2.12. The molecule has 5 nitrogen and oxygen atoms in total. The number of anilines is 1. The maximum absolute atomic E-state index is 11.5. The second-order valence-electron chi connectivity index (χ2n) is 4.68. The van der Waals surface area contributed by atoms with E-state index in [-0.39, 0.29) is 5.69 Å². The predicted molar refractivity (Wildman–Crippen MR) is 76.0 cm³/mol. The molecule has 0 aliphatic rings. The van der Waals surface area contributed by atoms with E-state index in [1.54, 1.807) is 17.8 Å². The molecule has 5 heteroatoms. The van der Waals surface area contributed by atoms with E-state index >= 15 is 0 Å². The summed E-state index contributed by atoms with van der Waals surface area (Å²) in [6, 6.07) is 0. The molecule has 0 spiro atoms. The van der Waals surface area contributed by atoms with Crippen LogP contribution in [0.2, 0.25) is 0 Å². The molecule has 0 aromatic carbocycles. The van der Waals surface area contributed by atoms with Crippen molar-refractivity contribution in [2.45, 2.75) is 58.9 Å². The van der Waals surface area contributed by atoms with Crippen LogP contribution in [0.15, 0.2) is 6.20 Å². The minimum Gasteiger partial charge on any atom is -0.461 e. The summed E-state index contributed by atoms with van der Waals surface area (Å²) in [7, 11) is 0. The number of nitrogens with two attached hydrogens (primary N) is 1. The molecular formula is C14H25N3O2. The summed E-state index contributed by atoms with van der Waals surface area (Å²) in [6.07, 6.45) is 9.08. The van der Waals surface area contributed by atoms with Crippen molar-refractivity contribution in [2.75, 3.05) is 12.3 Å². The maximum atomic E-state index is 11.5. The second-order valence-corrected chi connectivity index (χ2v) is 4.68. The number of nitrogen functional groups attached to an aromatic ring is 1. The highest BCUT2D eigenvalue weighted by molar-refractivity contribution is 5.92. The Morgan fingerprint density at radius 3 is 2.63 bits per heavy atom. The number of rotatable bonds is 9. The lowest BCUT2D eigenvalue weighted by Gasteiger charge is -2.01. The Kier molecular flexibility index (Phi) is 7.00. The van der Waals surface area contributed by atoms with E-state index < -0.39 is 5.97 Å². The largest absolute Gasteiger partial charge is 0.461 e. The molecule has 0 fully saturated rings. The van der Waals surface area contributed by atoms with Gasteiger partial charge in [0.25, 0.3) is 0 Å². The number of aryl methyl sites for hydroxylation is 1. The Bertz CT molecular complexity index is 388. The van der Waals surface area contributed by atoms with Gasteiger partial charge < -0.3 is 10.5 Å². The molecule has 1 heterocycles. The number of carbonyl (C=O) groups is 1. The van der Waals surface area contributed by atoms with E-state index in [4.69, 9.17) is 10.5 Å². The smallest absolute Gasteiger partial charge is 0.361 e. The third-order valence-electron chi connectivity index (χ3n) is 3.00. The van der Waals surface area contributed by atoms with Crippen LogP contribution >= 0.6 is 0 Å². The molecule has 0 bridgehead atoms. The first-order chi connectivity index (χ1) is 9.19. The zero-order valence-electron chi connectivity index (χ0n) is 12.0. The summed E-state index contributed by atoms with van der Waals surface area (Å²) in [5.74, 6) is -0.443. The van der Waals surface area contributed by atoms with Crippen molar-refractivity contribution in [3.05, 3.63) is 11.9 Å². The van der Waals surface area contributed by atoms with Gasteiger partial charge in [0.15, 0.2) is 5.69 Å². The van der Waals surface area contributed by atoms with Gasteiger partial charge in [0.2, 0.25) is 0 Å². The number of hydrogen-bond acceptors (Lipinski definition) is 4. The van der Waals surface area contributed by atoms with Crippen LogP contribution in [-0.2, 0) is 11.3 Å². The van der Waals surface area contributed by atoms with Gasteiger partial charge >= 0.3 is 5.97 Å². The number of aromatic nitrogens is 2. The van der Waals surface area contributed by atoms with Crippen molar-refractivity contribution < 1.29 is 9.53 Å². The number of hydrogen-bond donors (Lipinski definition) is 1. The maximum Gasteiger partial charge on any atom is 0.361 e. The summed E-state index contributed by atoms with van der Waals surface area (Å²) in [4.78, 5) is 11.5. The molecule has 0 radical (unpaired) electrons. The number of ether oxygens (including phenoxy) is 1. The van der Waals surface area contributed by atoms with Crippen LogP contribution < -0.4 is 5.73 Å². The van der Waals surface area contributed by atoms with E-state index in [1.165, 1.54) is 32.1 Å². The van der Waals surface area contributed by atoms with Crippen LogP contribution in [0, 0.1) is 0 Å². The van der Waals surface area contributed by atoms with E-state index in [9.17, 15) is 4.79 Å². The summed E-state index contributed by atoms with van der Waals surface area (Å²) in [5.41, 5.74) is 6.38. The van der Waals surface area contributed by atoms with Gasteiger partial charge in [0, 0.05) is 12.7 Å². The van der Waals surface area contributed by atoms with Gasteiger partial charge in [-0.1, -0.05) is 39.0 Å². The molecular weight excluding hydrogens is 242 g/mol. The third-order valence-corrected chi connectivity index (χ3v) is 3.00. The van der Waals surface area contributed by atoms with Gasteiger partial charge in [0.1, 0.15) is 0 Å². The van der Waals surface area contributed by atoms with Gasteiger partial charge in [-0.05, 0) is 13.3 Å². The number of esters is 1. The van der Waals surface area contributed by atoms with E-state index in [0.717, 1.165) is 13.0 Å². The molecule has 0 atom stereocenters. The topological polar surface area (TPSA) is 70.1 Å². The van der Waals surface area contributed by atoms with Crippen molar-refractivity contribution in [1.82, 2.24) is 9.78 Å². The zero-order valence-corrected chi connectivity index (χ0v) is 12.0. The van der Waals surface area contributed by atoms with Gasteiger partial charge in [-0.25, -0.2) is 4.79 Å². The minimum atomic E-state index is -0.443. The Morgan fingerprint density at radius 1 is 1.26 bits per heavy atom. The molecule has 108 valence electrons. The third kappa shape index (κ3) is 5.32. The first kappa shape index (κ1) is 15.5. The summed E-state index contributed by atoms with van der Waals surface area (Å²) in [5, 5.41) is 4.18. The summed E-state index contributed by atoms with van der Waals surface area (Å²) in [6.45, 7) is 5.11. The summed E-state index contributed by atoms with van der Waals surface area (Å²) < 4.78 is 6.63. The average molecular weight is 267 g/mol. The summed E-state index contributed by atoms with van der Waals surface area (Å²) >= 11 is 0. The predicted octanol–water partition coefficient (Wildman–Crippen LogP) is 3.00. The number of carbonyl (C=O) groups excluding carboxylic acids is 1. The van der Waals surface area contributed by atoms with Crippen LogP contribution in [0.25, 0.3) is 0 Å². The first-order valence-electron chi connectivity index (χ1n) is 7.19. The molecule has 2 N–H and O–H groups in total. The fourth-order valence-corrected chi connectivity index (χ4v) is 1.96. The van der Waals surface area contributed by atoms with E-state index in [1.807, 2.05) is 0 Å². The second kappa shape index (κ2) is 8.56. The molecule has 0 aliphatic heterocycles. The Morgan fingerprint density at radius 2 is 1.95 bits per heavy atom. The van der Waals surface area contributed by atoms with Gasteiger partial charge in [-0.2, -0.15) is 5.10 Å². The number of unbranched alkanes of at least 4 members (excludes halogenated alkanes) is 5. The molecule has 0 saturated carbocycles. The van der Waals surface area contributed by atoms with Crippen molar-refractivity contribution in [2.24, 2.45) is 0 Å². The monoisotopic (exact) mass is 267 g/mol. The molecule has 1 rings (SSSR count). The fraction of sp³-hybridized carbons (Fsp3) is 0.714. The molecule has 0 amide bonds. The zero-order chi connectivity index (χ0) is 14.1. The van der Waals surface area contributed by atoms with E-state index in [2.05, 4.69) is 12.0 Å². The van der Waals surface area contributed by atoms with Crippen LogP contribution in [0.3, 0.4) is 0 Å². The highest BCUT2D eigenvalue weighted by atomic mass is 16.5. The van der Waals surface area contributed by atoms with Crippen LogP contribution in [0.4, 0.5) is 5.69 Å². The van der Waals surface area contributed by atoms with Gasteiger partial charge in [-0.3, -0.25) is 4.68 Å². The molecule has 1 aromatic rings. The molecule has 1 aromatic heterocycles. The van der Waals surface area contributed by atoms with Crippen LogP contribution in [0.1, 0.15) is 62.9 Å². The lowest BCUT2D eigenvalue weighted by Crippen LogP contribution is -2.09. The highest BCUT2D eigenvalue weighted by Gasteiger charge is 2.15. The quantitative estimate of drug-likeness (QED) is 0.551. The minimum absolute atomic E-state index is 0.229. The Labute approximate surface area is 115 Å². The number of nitrogens with zero attached hydrogens (tertiary/aromatic N) is 2. The lowest BCUT2D eigenvalue weighted by molar-refractivity contribution is 0.0519. The SMILES string of the molecule is CCCCCCCCn1cc(N)c(C(=O)OCC)n1. The Balaban J connectivity index is 2.35. The normalized spacial score (nSPS) is 10.6. The Hall–Kier alpha value is -1.52. The van der Waals surface area contributed by atoms with Crippen LogP contribution in [0.5, 0.6) is 0 Å². The molecule has 0 saturated heterocycles. The average Bonchev–Trinajstić information content (AvgIpc) is 2.75. The van der Waals surface area contributed by atoms with Crippen molar-refractivity contribution in [3.8, 4) is 0 Å². The van der Waals surface area contributed by atoms with Gasteiger partial charge in [-0.15, -0.1) is 0 Å². The first-order valence-corrected chi connectivity index (χ1v) is 7.19. The molecule has 0 aliphatic carbocycles. The van der Waals surface area contributed by atoms with Crippen molar-refractivity contribution in [1.29, 1.82) is 0 Å². The van der Waals surface area contributed by atoms with E-state index in [0.29, 0.717) is 12.3 Å². The standard InChI is InChI=1S/C14H25N3O2/c1-3-5-6-7-8-9-10-17-11-12(15)13(16-17)14(18)19-4-2/h11H,3-10,15H2,1-2H3. The van der Waals surface area contributed by atoms with Crippen molar-refractivity contribution in [3.63, 3.8) is 0 Å². The van der Waals surface area contributed by atoms with Crippen LogP contribution in [-0.4, -0.2) is 22.4 Å².